The first-order valence-corrected chi connectivity index (χ1v) is 9.78. The summed E-state index contributed by atoms with van der Waals surface area (Å²) in [7, 11) is 1.56. The van der Waals surface area contributed by atoms with Crippen molar-refractivity contribution in [1.82, 2.24) is 0 Å². The monoisotopic (exact) mass is 437 g/mol. The zero-order chi connectivity index (χ0) is 22.4. The molecule has 0 saturated carbocycles. The van der Waals surface area contributed by atoms with E-state index in [-0.39, 0.29) is 18.1 Å². The molecule has 0 aliphatic heterocycles. The highest BCUT2D eigenvalue weighted by molar-refractivity contribution is 6.30. The Balaban J connectivity index is 1.74. The van der Waals surface area contributed by atoms with Gasteiger partial charge in [-0.25, -0.2) is 0 Å². The molecule has 0 unspecified atom stereocenters. The number of hydrogen-bond acceptors (Lipinski definition) is 5. The zero-order valence-corrected chi connectivity index (χ0v) is 17.8. The fourth-order valence-electron chi connectivity index (χ4n) is 2.98. The molecule has 0 heterocycles. The summed E-state index contributed by atoms with van der Waals surface area (Å²) in [6, 6.07) is 16.8. The van der Waals surface area contributed by atoms with Crippen molar-refractivity contribution < 1.29 is 19.2 Å². The second kappa shape index (κ2) is 9.91. The van der Waals surface area contributed by atoms with Crippen molar-refractivity contribution in [3.8, 4) is 11.5 Å². The number of nitro groups is 1. The minimum Gasteiger partial charge on any atom is -0.496 e. The van der Waals surface area contributed by atoms with Crippen molar-refractivity contribution in [3.63, 3.8) is 0 Å². The molecule has 3 aromatic carbocycles. The predicted octanol–water partition coefficient (Wildman–Crippen LogP) is 6.04. The molecule has 7 heteroatoms. The molecule has 0 saturated heterocycles. The number of rotatable bonds is 8. The van der Waals surface area contributed by atoms with Crippen LogP contribution in [-0.4, -0.2) is 17.8 Å². The van der Waals surface area contributed by atoms with Crippen LogP contribution in [0.15, 0.2) is 66.7 Å². The first-order valence-electron chi connectivity index (χ1n) is 9.40. The van der Waals surface area contributed by atoms with Gasteiger partial charge >= 0.3 is 0 Å². The summed E-state index contributed by atoms with van der Waals surface area (Å²) in [5.41, 5.74) is 2.70. The number of carbonyl (C=O) groups is 1. The number of benzene rings is 3. The Kier molecular flexibility index (Phi) is 7.05. The van der Waals surface area contributed by atoms with Crippen LogP contribution in [0.2, 0.25) is 5.02 Å². The number of nitrogens with zero attached hydrogens (tertiary/aromatic N) is 1. The Bertz CT molecular complexity index is 1140. The number of ketones is 1. The smallest absolute Gasteiger partial charge is 0.272 e. The highest BCUT2D eigenvalue weighted by Crippen LogP contribution is 2.26. The molecule has 158 valence electrons. The van der Waals surface area contributed by atoms with E-state index in [0.717, 1.165) is 11.1 Å². The van der Waals surface area contributed by atoms with Gasteiger partial charge in [-0.1, -0.05) is 23.7 Å². The number of hydrogen-bond donors (Lipinski definition) is 0. The molecule has 0 fully saturated rings. The van der Waals surface area contributed by atoms with Crippen molar-refractivity contribution in [2.75, 3.05) is 7.11 Å². The van der Waals surface area contributed by atoms with Crippen LogP contribution in [0, 0.1) is 17.0 Å². The average molecular weight is 438 g/mol. The van der Waals surface area contributed by atoms with E-state index in [1.54, 1.807) is 62.6 Å². The maximum Gasteiger partial charge on any atom is 0.272 e. The van der Waals surface area contributed by atoms with E-state index >= 15 is 0 Å². The molecule has 31 heavy (non-hydrogen) atoms. The standard InChI is InChI=1S/C24H20ClNO5/c1-16-13-21(9-10-22(16)26(28)29)31-15-19-14-17(4-12-24(19)30-2)3-11-23(27)18-5-7-20(25)8-6-18/h3-14H,15H2,1-2H3/b11-3+. The third kappa shape index (κ3) is 5.71. The van der Waals surface area contributed by atoms with Gasteiger partial charge in [0.25, 0.3) is 5.69 Å². The lowest BCUT2D eigenvalue weighted by Crippen LogP contribution is -2.00. The zero-order valence-electron chi connectivity index (χ0n) is 17.0. The van der Waals surface area contributed by atoms with E-state index < -0.39 is 4.92 Å². The Morgan fingerprint density at radius 2 is 1.84 bits per heavy atom. The molecule has 0 bridgehead atoms. The second-order valence-corrected chi connectivity index (χ2v) is 7.21. The largest absolute Gasteiger partial charge is 0.496 e. The van der Waals surface area contributed by atoms with Crippen LogP contribution < -0.4 is 9.47 Å². The molecule has 0 spiro atoms. The number of ether oxygens (including phenoxy) is 2. The van der Waals surface area contributed by atoms with Gasteiger partial charge in [-0.15, -0.1) is 0 Å². The maximum absolute atomic E-state index is 12.3. The van der Waals surface area contributed by atoms with Gasteiger partial charge in [0.05, 0.1) is 12.0 Å². The second-order valence-electron chi connectivity index (χ2n) is 6.77. The summed E-state index contributed by atoms with van der Waals surface area (Å²) in [6.45, 7) is 1.86. The van der Waals surface area contributed by atoms with Gasteiger partial charge in [0, 0.05) is 27.8 Å². The van der Waals surface area contributed by atoms with Gasteiger partial charge in [-0.3, -0.25) is 14.9 Å². The van der Waals surface area contributed by atoms with Crippen LogP contribution in [0.3, 0.4) is 0 Å². The number of carbonyl (C=O) groups excluding carboxylic acids is 1. The van der Waals surface area contributed by atoms with Crippen molar-refractivity contribution in [3.05, 3.63) is 104 Å². The van der Waals surface area contributed by atoms with Crippen LogP contribution in [0.5, 0.6) is 11.5 Å². The van der Waals surface area contributed by atoms with E-state index in [0.29, 0.717) is 27.6 Å². The van der Waals surface area contributed by atoms with Crippen molar-refractivity contribution >= 4 is 29.1 Å². The molecule has 6 nitrogen and oxygen atoms in total. The number of aryl methyl sites for hydroxylation is 1. The fourth-order valence-corrected chi connectivity index (χ4v) is 3.11. The summed E-state index contributed by atoms with van der Waals surface area (Å²) >= 11 is 5.86. The summed E-state index contributed by atoms with van der Waals surface area (Å²) in [4.78, 5) is 22.9. The Labute approximate surface area is 184 Å². The van der Waals surface area contributed by atoms with Gasteiger partial charge in [0.2, 0.25) is 0 Å². The molecule has 0 aromatic heterocycles. The molecule has 3 aromatic rings. The minimum absolute atomic E-state index is 0.0439. The average Bonchev–Trinajstić information content (AvgIpc) is 2.76. The van der Waals surface area contributed by atoms with Gasteiger partial charge in [0.15, 0.2) is 5.78 Å². The van der Waals surface area contributed by atoms with Crippen LogP contribution >= 0.6 is 11.6 Å². The van der Waals surface area contributed by atoms with Gasteiger partial charge in [0.1, 0.15) is 18.1 Å². The third-order valence-electron chi connectivity index (χ3n) is 4.62. The molecule has 0 radical (unpaired) electrons. The highest BCUT2D eigenvalue weighted by Gasteiger charge is 2.12. The van der Waals surface area contributed by atoms with Crippen molar-refractivity contribution in [1.29, 1.82) is 0 Å². The van der Waals surface area contributed by atoms with E-state index in [2.05, 4.69) is 0 Å². The maximum atomic E-state index is 12.3. The quantitative estimate of drug-likeness (QED) is 0.186. The van der Waals surface area contributed by atoms with Crippen LogP contribution in [-0.2, 0) is 6.61 Å². The lowest BCUT2D eigenvalue weighted by molar-refractivity contribution is -0.385. The molecule has 0 aliphatic rings. The highest BCUT2D eigenvalue weighted by atomic mass is 35.5. The fraction of sp³-hybridized carbons (Fsp3) is 0.125. The predicted molar refractivity (Wildman–Crippen MR) is 120 cm³/mol. The Hall–Kier alpha value is -3.64. The minimum atomic E-state index is -0.427. The summed E-state index contributed by atoms with van der Waals surface area (Å²) in [5, 5.41) is 11.5. The first kappa shape index (κ1) is 22.1. The number of halogens is 1. The number of methoxy groups -OCH3 is 1. The SMILES string of the molecule is COc1ccc(/C=C/C(=O)c2ccc(Cl)cc2)cc1COc1ccc([N+](=O)[O-])c(C)c1. The Morgan fingerprint density at radius 1 is 1.10 bits per heavy atom. The van der Waals surface area contributed by atoms with E-state index in [1.165, 1.54) is 12.1 Å². The molecule has 0 N–H and O–H groups in total. The van der Waals surface area contributed by atoms with Crippen LogP contribution in [0.25, 0.3) is 6.08 Å². The van der Waals surface area contributed by atoms with Crippen molar-refractivity contribution in [2.45, 2.75) is 13.5 Å². The number of allylic oxidation sites excluding steroid dienone is 1. The summed E-state index contributed by atoms with van der Waals surface area (Å²) < 4.78 is 11.2. The Morgan fingerprint density at radius 3 is 2.48 bits per heavy atom. The molecule has 0 aliphatic carbocycles. The van der Waals surface area contributed by atoms with E-state index in [4.69, 9.17) is 21.1 Å². The number of nitro benzene ring substituents is 1. The summed E-state index contributed by atoms with van der Waals surface area (Å²) in [6.07, 6.45) is 3.21. The lowest BCUT2D eigenvalue weighted by Gasteiger charge is -2.12. The van der Waals surface area contributed by atoms with Crippen LogP contribution in [0.1, 0.15) is 27.0 Å². The summed E-state index contributed by atoms with van der Waals surface area (Å²) in [5.74, 6) is 1.02. The molecular weight excluding hydrogens is 418 g/mol. The topological polar surface area (TPSA) is 78.7 Å². The van der Waals surface area contributed by atoms with Gasteiger partial charge in [-0.05, 0) is 67.1 Å². The molecule has 0 amide bonds. The third-order valence-corrected chi connectivity index (χ3v) is 4.87. The normalized spacial score (nSPS) is 10.8. The van der Waals surface area contributed by atoms with E-state index in [9.17, 15) is 14.9 Å². The lowest BCUT2D eigenvalue weighted by atomic mass is 10.1. The van der Waals surface area contributed by atoms with E-state index in [1.807, 2.05) is 12.1 Å². The van der Waals surface area contributed by atoms with Crippen LogP contribution in [0.4, 0.5) is 5.69 Å². The molecular formula is C24H20ClNO5. The van der Waals surface area contributed by atoms with Gasteiger partial charge < -0.3 is 9.47 Å². The molecule has 3 rings (SSSR count). The molecule has 0 atom stereocenters. The van der Waals surface area contributed by atoms with Crippen molar-refractivity contribution in [2.24, 2.45) is 0 Å². The van der Waals surface area contributed by atoms with Gasteiger partial charge in [-0.2, -0.15) is 0 Å². The first-order chi connectivity index (χ1) is 14.9.